The van der Waals surface area contributed by atoms with Crippen LogP contribution in [0.2, 0.25) is 5.02 Å². The number of anilines is 4. The fraction of sp³-hybridized carbons (Fsp3) is 0.138. The van der Waals surface area contributed by atoms with Crippen LogP contribution < -0.4 is 21.3 Å². The zero-order valence-corrected chi connectivity index (χ0v) is 22.5. The maximum Gasteiger partial charge on any atom is 0.417 e. The minimum Gasteiger partial charge on any atom is -0.382 e. The van der Waals surface area contributed by atoms with Gasteiger partial charge in [-0.1, -0.05) is 11.6 Å². The molecule has 0 saturated carbocycles. The van der Waals surface area contributed by atoms with Gasteiger partial charge in [0.05, 0.1) is 23.0 Å². The molecular weight excluding hydrogens is 593 g/mol. The summed E-state index contributed by atoms with van der Waals surface area (Å²) < 4.78 is 70.6. The minimum absolute atomic E-state index is 0.0701. The number of fused-ring (bicyclic) bond motifs is 1. The van der Waals surface area contributed by atoms with Gasteiger partial charge in [0.2, 0.25) is 0 Å². The Morgan fingerprint density at radius 1 is 1.05 bits per heavy atom. The van der Waals surface area contributed by atoms with Crippen molar-refractivity contribution in [2.24, 2.45) is 0 Å². The topological polar surface area (TPSA) is 112 Å². The zero-order chi connectivity index (χ0) is 30.2. The van der Waals surface area contributed by atoms with Gasteiger partial charge in [-0.3, -0.25) is 10.00 Å². The molecule has 8 nitrogen and oxygen atoms in total. The van der Waals surface area contributed by atoms with E-state index in [1.807, 2.05) is 0 Å². The van der Waals surface area contributed by atoms with Crippen molar-refractivity contribution < 1.29 is 26.7 Å². The Balaban J connectivity index is 1.51. The molecule has 1 unspecified atom stereocenters. The fourth-order valence-corrected chi connectivity index (χ4v) is 6.12. The van der Waals surface area contributed by atoms with Crippen LogP contribution >= 0.6 is 11.6 Å². The quantitative estimate of drug-likeness (QED) is 0.162. The van der Waals surface area contributed by atoms with E-state index in [4.69, 9.17) is 17.3 Å². The molecule has 0 bridgehead atoms. The molecule has 0 spiro atoms. The van der Waals surface area contributed by atoms with E-state index in [1.165, 1.54) is 29.3 Å². The summed E-state index contributed by atoms with van der Waals surface area (Å²) >= 11 is 6.49. The Labute approximate surface area is 244 Å². The second kappa shape index (κ2) is 9.56. The smallest absolute Gasteiger partial charge is 0.382 e. The number of carbonyl (C=O) groups is 1. The maximum absolute atomic E-state index is 14.5. The highest BCUT2D eigenvalue weighted by Crippen LogP contribution is 2.50. The number of pyridine rings is 1. The van der Waals surface area contributed by atoms with Crippen LogP contribution in [0.5, 0.6) is 0 Å². The molecule has 2 aliphatic rings. The molecule has 3 aromatic carbocycles. The highest BCUT2D eigenvalue weighted by Gasteiger charge is 2.41. The molecule has 0 fully saturated rings. The van der Waals surface area contributed by atoms with Crippen LogP contribution in [-0.2, 0) is 12.6 Å². The van der Waals surface area contributed by atoms with Gasteiger partial charge in [-0.2, -0.15) is 18.3 Å². The molecule has 2 aliphatic heterocycles. The number of nitrogens with zero attached hydrogens (tertiary/aromatic N) is 3. The Hall–Kier alpha value is -4.91. The summed E-state index contributed by atoms with van der Waals surface area (Å²) in [4.78, 5) is 19.1. The van der Waals surface area contributed by atoms with Gasteiger partial charge in [0.25, 0.3) is 0 Å². The monoisotopic (exact) mass is 611 g/mol. The number of alkyl halides is 3. The second-order valence-corrected chi connectivity index (χ2v) is 10.6. The number of benzene rings is 3. The number of aromatic nitrogens is 3. The van der Waals surface area contributed by atoms with Gasteiger partial charge >= 0.3 is 12.2 Å². The molecule has 43 heavy (non-hydrogen) atoms. The molecule has 7 rings (SSSR count). The number of nitrogens with two attached hydrogens (primary N) is 1. The van der Waals surface area contributed by atoms with Crippen molar-refractivity contribution in [2.75, 3.05) is 22.5 Å². The lowest BCUT2D eigenvalue weighted by atomic mass is 9.88. The van der Waals surface area contributed by atoms with Crippen molar-refractivity contribution in [3.63, 3.8) is 0 Å². The van der Waals surface area contributed by atoms with Gasteiger partial charge in [0.15, 0.2) is 0 Å². The number of H-pyrrole nitrogens is 1. The number of urea groups is 1. The number of nitrogen functional groups attached to an aromatic ring is 1. The lowest BCUT2D eigenvalue weighted by Gasteiger charge is -2.35. The number of rotatable bonds is 4. The molecule has 2 aromatic heterocycles. The molecular formula is C29H19ClF5N7O. The Morgan fingerprint density at radius 3 is 2.60 bits per heavy atom. The van der Waals surface area contributed by atoms with E-state index < -0.39 is 35.4 Å². The average Bonchev–Trinajstić information content (AvgIpc) is 3.59. The summed E-state index contributed by atoms with van der Waals surface area (Å²) in [5.74, 6) is -1.53. The SMILES string of the molecule is Nc1cc(-c2cc(Nc3nccc4c(C(F)(F)F)cc(F)cc34)c3c4c2CCN4C(=O)NC3c2cc(F)ccc2Cl)[nH]n1. The number of carbonyl (C=O) groups excluding carboxylic acids is 1. The Bertz CT molecular complexity index is 1980. The van der Waals surface area contributed by atoms with E-state index in [0.29, 0.717) is 47.2 Å². The van der Waals surface area contributed by atoms with Crippen LogP contribution in [0.4, 0.5) is 49.8 Å². The first kappa shape index (κ1) is 27.0. The van der Waals surface area contributed by atoms with Crippen molar-refractivity contribution in [2.45, 2.75) is 18.6 Å². The first-order chi connectivity index (χ1) is 20.5. The van der Waals surface area contributed by atoms with Crippen molar-refractivity contribution in [3.05, 3.63) is 93.6 Å². The lowest BCUT2D eigenvalue weighted by molar-refractivity contribution is -0.136. The number of hydrogen-bond acceptors (Lipinski definition) is 5. The molecule has 14 heteroatoms. The number of nitrogens with one attached hydrogen (secondary N) is 3. The van der Waals surface area contributed by atoms with Gasteiger partial charge in [0, 0.05) is 51.6 Å². The summed E-state index contributed by atoms with van der Waals surface area (Å²) in [5, 5.41) is 12.7. The third-order valence-corrected chi connectivity index (χ3v) is 8.01. The van der Waals surface area contributed by atoms with Crippen LogP contribution in [0.3, 0.4) is 0 Å². The zero-order valence-electron chi connectivity index (χ0n) is 21.8. The third kappa shape index (κ3) is 4.38. The molecule has 4 heterocycles. The van der Waals surface area contributed by atoms with E-state index in [0.717, 1.165) is 17.7 Å². The first-order valence-electron chi connectivity index (χ1n) is 13.0. The van der Waals surface area contributed by atoms with Crippen LogP contribution in [-0.4, -0.2) is 27.8 Å². The summed E-state index contributed by atoms with van der Waals surface area (Å²) in [5.41, 5.74) is 8.20. The van der Waals surface area contributed by atoms with Gasteiger partial charge in [0.1, 0.15) is 23.3 Å². The molecule has 2 amide bonds. The lowest BCUT2D eigenvalue weighted by Crippen LogP contribution is -2.46. The van der Waals surface area contributed by atoms with E-state index in [1.54, 1.807) is 12.1 Å². The largest absolute Gasteiger partial charge is 0.417 e. The van der Waals surface area contributed by atoms with Gasteiger partial charge in [-0.05, 0) is 59.8 Å². The molecule has 0 aliphatic carbocycles. The van der Waals surface area contributed by atoms with Gasteiger partial charge in [-0.25, -0.2) is 18.6 Å². The van der Waals surface area contributed by atoms with Crippen LogP contribution in [0.25, 0.3) is 22.0 Å². The molecule has 218 valence electrons. The summed E-state index contributed by atoms with van der Waals surface area (Å²) in [7, 11) is 0. The van der Waals surface area contributed by atoms with E-state index in [-0.39, 0.29) is 33.0 Å². The highest BCUT2D eigenvalue weighted by molar-refractivity contribution is 6.31. The Kier molecular flexibility index (Phi) is 5.99. The average molecular weight is 612 g/mol. The first-order valence-corrected chi connectivity index (χ1v) is 13.3. The van der Waals surface area contributed by atoms with Gasteiger partial charge < -0.3 is 16.4 Å². The molecule has 1 atom stereocenters. The van der Waals surface area contributed by atoms with Gasteiger partial charge in [-0.15, -0.1) is 0 Å². The molecule has 0 saturated heterocycles. The number of halogens is 6. The summed E-state index contributed by atoms with van der Waals surface area (Å²) in [6.45, 7) is 0.324. The predicted octanol–water partition coefficient (Wildman–Crippen LogP) is 7.08. The van der Waals surface area contributed by atoms with Crippen molar-refractivity contribution >= 4 is 51.4 Å². The van der Waals surface area contributed by atoms with Crippen molar-refractivity contribution in [1.82, 2.24) is 20.5 Å². The fourth-order valence-electron chi connectivity index (χ4n) is 5.89. The van der Waals surface area contributed by atoms with Crippen molar-refractivity contribution in [1.29, 1.82) is 0 Å². The van der Waals surface area contributed by atoms with E-state index in [2.05, 4.69) is 25.8 Å². The molecule has 5 aromatic rings. The Morgan fingerprint density at radius 2 is 1.86 bits per heavy atom. The normalized spacial score (nSPS) is 16.0. The highest BCUT2D eigenvalue weighted by atomic mass is 35.5. The summed E-state index contributed by atoms with van der Waals surface area (Å²) in [6.07, 6.45) is -3.18. The maximum atomic E-state index is 14.5. The van der Waals surface area contributed by atoms with E-state index in [9.17, 15) is 26.7 Å². The van der Waals surface area contributed by atoms with Crippen LogP contribution in [0.15, 0.2) is 54.7 Å². The van der Waals surface area contributed by atoms with Crippen molar-refractivity contribution in [3.8, 4) is 11.3 Å². The molecule has 5 N–H and O–H groups in total. The number of aromatic amines is 1. The minimum atomic E-state index is -4.82. The summed E-state index contributed by atoms with van der Waals surface area (Å²) in [6, 6.07) is 8.24. The predicted molar refractivity (Wildman–Crippen MR) is 151 cm³/mol. The second-order valence-electron chi connectivity index (χ2n) is 10.2. The van der Waals surface area contributed by atoms with Crippen LogP contribution in [0.1, 0.15) is 28.3 Å². The molecule has 0 radical (unpaired) electrons. The van der Waals surface area contributed by atoms with E-state index >= 15 is 0 Å². The number of amides is 2. The standard InChI is InChI=1S/C29H19ClF5N7O/c30-20-2-1-12(31)7-18(20)25-24-22(38-27-17-8-13(32)9-19(29(33,34)35)14(17)3-5-37-27)10-16(21-11-23(36)41-40-21)15-4-6-42(26(15)24)28(43)39-25/h1-3,5,7-11,25H,4,6H2,(H,37,38)(H,39,43)(H3,36,40,41). The third-order valence-electron chi connectivity index (χ3n) is 7.66. The number of hydrogen-bond donors (Lipinski definition) is 4. The van der Waals surface area contributed by atoms with Crippen LogP contribution in [0, 0.1) is 11.6 Å².